The van der Waals surface area contributed by atoms with Crippen LogP contribution in [-0.2, 0) is 0 Å². The Morgan fingerprint density at radius 3 is 2.81 bits per heavy atom. The van der Waals surface area contributed by atoms with Crippen molar-refractivity contribution in [3.05, 3.63) is 34.5 Å². The topological polar surface area (TPSA) is 38.9 Å². The SMILES string of the molecule is Cc1ccc(Cl)c2nc(C3CC3)cc(N)c12. The summed E-state index contributed by atoms with van der Waals surface area (Å²) in [5.74, 6) is 0.600. The first-order chi connectivity index (χ1) is 7.66. The Bertz CT molecular complexity index is 574. The van der Waals surface area contributed by atoms with E-state index in [4.69, 9.17) is 17.3 Å². The normalized spacial score (nSPS) is 15.6. The molecule has 2 nitrogen and oxygen atoms in total. The van der Waals surface area contributed by atoms with Crippen LogP contribution in [0.25, 0.3) is 10.9 Å². The molecule has 1 fully saturated rings. The van der Waals surface area contributed by atoms with Crippen LogP contribution in [0.1, 0.15) is 30.0 Å². The van der Waals surface area contributed by atoms with Crippen LogP contribution in [0.15, 0.2) is 18.2 Å². The Hall–Kier alpha value is -1.28. The van der Waals surface area contributed by atoms with Crippen LogP contribution in [-0.4, -0.2) is 4.98 Å². The third-order valence-electron chi connectivity index (χ3n) is 3.17. The summed E-state index contributed by atoms with van der Waals surface area (Å²) in [6.45, 7) is 2.04. The third kappa shape index (κ3) is 1.45. The molecule has 0 radical (unpaired) electrons. The van der Waals surface area contributed by atoms with Gasteiger partial charge in [-0.25, -0.2) is 0 Å². The smallest absolute Gasteiger partial charge is 0.0914 e. The minimum absolute atomic E-state index is 0.600. The molecule has 1 aliphatic carbocycles. The molecule has 2 N–H and O–H groups in total. The first-order valence-corrected chi connectivity index (χ1v) is 5.90. The molecule has 0 spiro atoms. The summed E-state index contributed by atoms with van der Waals surface area (Å²) in [4.78, 5) is 4.65. The second-order valence-corrected chi connectivity index (χ2v) is 4.91. The van der Waals surface area contributed by atoms with E-state index in [2.05, 4.69) is 4.98 Å². The van der Waals surface area contributed by atoms with Crippen LogP contribution >= 0.6 is 11.6 Å². The molecule has 1 saturated carbocycles. The lowest BCUT2D eigenvalue weighted by molar-refractivity contribution is 1.04. The van der Waals surface area contributed by atoms with Crippen molar-refractivity contribution < 1.29 is 0 Å². The average molecular weight is 233 g/mol. The lowest BCUT2D eigenvalue weighted by Crippen LogP contribution is -1.96. The van der Waals surface area contributed by atoms with Gasteiger partial charge in [-0.05, 0) is 37.5 Å². The number of aryl methyl sites for hydroxylation is 1. The van der Waals surface area contributed by atoms with Crippen LogP contribution in [0.3, 0.4) is 0 Å². The zero-order valence-corrected chi connectivity index (χ0v) is 9.88. The standard InChI is InChI=1S/C13H13ClN2/c1-7-2-5-9(14)13-12(7)10(15)6-11(16-13)8-3-4-8/h2,5-6,8H,3-4H2,1H3,(H2,15,16). The molecule has 82 valence electrons. The Morgan fingerprint density at radius 1 is 1.38 bits per heavy atom. The summed E-state index contributed by atoms with van der Waals surface area (Å²) < 4.78 is 0. The van der Waals surface area contributed by atoms with Crippen molar-refractivity contribution in [3.8, 4) is 0 Å². The van der Waals surface area contributed by atoms with Crippen LogP contribution in [0.4, 0.5) is 5.69 Å². The molecule has 0 unspecified atom stereocenters. The maximum atomic E-state index is 6.18. The molecule has 0 aliphatic heterocycles. The number of halogens is 1. The number of rotatable bonds is 1. The van der Waals surface area contributed by atoms with Gasteiger partial charge in [0, 0.05) is 22.7 Å². The molecule has 16 heavy (non-hydrogen) atoms. The first-order valence-electron chi connectivity index (χ1n) is 5.52. The molecule has 3 rings (SSSR count). The summed E-state index contributed by atoms with van der Waals surface area (Å²) in [7, 11) is 0. The molecule has 1 heterocycles. The van der Waals surface area contributed by atoms with E-state index in [9.17, 15) is 0 Å². The van der Waals surface area contributed by atoms with E-state index in [1.807, 2.05) is 25.1 Å². The number of nitrogens with two attached hydrogens (primary N) is 1. The monoisotopic (exact) mass is 232 g/mol. The number of anilines is 1. The van der Waals surface area contributed by atoms with Gasteiger partial charge in [0.25, 0.3) is 0 Å². The minimum Gasteiger partial charge on any atom is -0.398 e. The van der Waals surface area contributed by atoms with E-state index in [1.165, 1.54) is 12.8 Å². The van der Waals surface area contributed by atoms with E-state index in [1.54, 1.807) is 0 Å². The summed E-state index contributed by atoms with van der Waals surface area (Å²) >= 11 is 6.18. The molecule has 1 aromatic heterocycles. The van der Waals surface area contributed by atoms with Crippen LogP contribution < -0.4 is 5.73 Å². The number of pyridine rings is 1. The van der Waals surface area contributed by atoms with E-state index in [0.29, 0.717) is 10.9 Å². The summed E-state index contributed by atoms with van der Waals surface area (Å²) in [6.07, 6.45) is 2.45. The fraction of sp³-hybridized carbons (Fsp3) is 0.308. The molecule has 0 amide bonds. The maximum Gasteiger partial charge on any atom is 0.0914 e. The number of nitrogen functional groups attached to an aromatic ring is 1. The first kappa shape index (κ1) is 9.91. The van der Waals surface area contributed by atoms with E-state index >= 15 is 0 Å². The summed E-state index contributed by atoms with van der Waals surface area (Å²) in [5.41, 5.74) is 9.97. The molecule has 1 aromatic carbocycles. The predicted octanol–water partition coefficient (Wildman–Crippen LogP) is 3.66. The molecular formula is C13H13ClN2. The Kier molecular flexibility index (Phi) is 2.08. The van der Waals surface area contributed by atoms with Gasteiger partial charge in [0.05, 0.1) is 10.5 Å². The van der Waals surface area contributed by atoms with Crippen molar-refractivity contribution in [3.63, 3.8) is 0 Å². The fourth-order valence-corrected chi connectivity index (χ4v) is 2.32. The van der Waals surface area contributed by atoms with Crippen LogP contribution in [0.5, 0.6) is 0 Å². The fourth-order valence-electron chi connectivity index (χ4n) is 2.12. The average Bonchev–Trinajstić information content (AvgIpc) is 3.06. The highest BCUT2D eigenvalue weighted by molar-refractivity contribution is 6.35. The molecular weight excluding hydrogens is 220 g/mol. The quantitative estimate of drug-likeness (QED) is 0.815. The van der Waals surface area contributed by atoms with Gasteiger partial charge in [-0.1, -0.05) is 17.7 Å². The molecule has 0 bridgehead atoms. The number of aromatic nitrogens is 1. The largest absolute Gasteiger partial charge is 0.398 e. The lowest BCUT2D eigenvalue weighted by Gasteiger charge is -2.09. The van der Waals surface area contributed by atoms with Gasteiger partial charge >= 0.3 is 0 Å². The summed E-state index contributed by atoms with van der Waals surface area (Å²) in [5, 5.41) is 1.69. The highest BCUT2D eigenvalue weighted by Crippen LogP contribution is 2.41. The van der Waals surface area contributed by atoms with Gasteiger partial charge < -0.3 is 5.73 Å². The molecule has 1 aliphatic rings. The maximum absolute atomic E-state index is 6.18. The number of benzene rings is 1. The van der Waals surface area contributed by atoms with E-state index in [0.717, 1.165) is 27.8 Å². The predicted molar refractivity (Wildman–Crippen MR) is 67.9 cm³/mol. The van der Waals surface area contributed by atoms with Gasteiger partial charge in [-0.2, -0.15) is 0 Å². The number of nitrogens with zero attached hydrogens (tertiary/aromatic N) is 1. The number of hydrogen-bond acceptors (Lipinski definition) is 2. The molecule has 0 saturated heterocycles. The number of hydrogen-bond donors (Lipinski definition) is 1. The van der Waals surface area contributed by atoms with Crippen molar-refractivity contribution in [2.75, 3.05) is 5.73 Å². The highest BCUT2D eigenvalue weighted by Gasteiger charge is 2.26. The Balaban J connectivity index is 2.36. The lowest BCUT2D eigenvalue weighted by atomic mass is 10.1. The molecule has 2 aromatic rings. The van der Waals surface area contributed by atoms with Crippen molar-refractivity contribution >= 4 is 28.2 Å². The van der Waals surface area contributed by atoms with E-state index < -0.39 is 0 Å². The number of fused-ring (bicyclic) bond motifs is 1. The van der Waals surface area contributed by atoms with Gasteiger partial charge in [0.15, 0.2) is 0 Å². The Labute approximate surface area is 99.4 Å². The van der Waals surface area contributed by atoms with Gasteiger partial charge in [0.2, 0.25) is 0 Å². The highest BCUT2D eigenvalue weighted by atomic mass is 35.5. The third-order valence-corrected chi connectivity index (χ3v) is 3.47. The van der Waals surface area contributed by atoms with Gasteiger partial charge in [0.1, 0.15) is 0 Å². The second kappa shape index (κ2) is 3.36. The van der Waals surface area contributed by atoms with Crippen molar-refractivity contribution in [1.82, 2.24) is 4.98 Å². The zero-order chi connectivity index (χ0) is 11.3. The van der Waals surface area contributed by atoms with Gasteiger partial charge in [-0.3, -0.25) is 4.98 Å². The second-order valence-electron chi connectivity index (χ2n) is 4.50. The zero-order valence-electron chi connectivity index (χ0n) is 9.13. The molecule has 3 heteroatoms. The summed E-state index contributed by atoms with van der Waals surface area (Å²) in [6, 6.07) is 5.88. The van der Waals surface area contributed by atoms with Crippen molar-refractivity contribution in [2.45, 2.75) is 25.7 Å². The van der Waals surface area contributed by atoms with E-state index in [-0.39, 0.29) is 0 Å². The van der Waals surface area contributed by atoms with Crippen molar-refractivity contribution in [1.29, 1.82) is 0 Å². The molecule has 0 atom stereocenters. The minimum atomic E-state index is 0.600. The van der Waals surface area contributed by atoms with Crippen LogP contribution in [0, 0.1) is 6.92 Å². The van der Waals surface area contributed by atoms with Crippen LogP contribution in [0.2, 0.25) is 5.02 Å². The van der Waals surface area contributed by atoms with Crippen molar-refractivity contribution in [2.24, 2.45) is 0 Å². The van der Waals surface area contributed by atoms with Gasteiger partial charge in [-0.15, -0.1) is 0 Å². The Morgan fingerprint density at radius 2 is 2.12 bits per heavy atom.